The first-order valence-electron chi connectivity index (χ1n) is 9.61. The molecule has 1 saturated carbocycles. The molecule has 2 aromatic rings. The summed E-state index contributed by atoms with van der Waals surface area (Å²) in [6.07, 6.45) is 8.27. The summed E-state index contributed by atoms with van der Waals surface area (Å²) in [4.78, 5) is 29.4. The highest BCUT2D eigenvalue weighted by Crippen LogP contribution is 2.28. The number of thiazole rings is 1. The van der Waals surface area contributed by atoms with Crippen LogP contribution >= 0.6 is 11.3 Å². The highest BCUT2D eigenvalue weighted by Gasteiger charge is 2.16. The third-order valence-corrected chi connectivity index (χ3v) is 6.01. The number of allylic oxidation sites excluding steroid dienone is 1. The maximum atomic E-state index is 12.4. The lowest BCUT2D eigenvalue weighted by molar-refractivity contribution is -0.118. The Morgan fingerprint density at radius 3 is 2.85 bits per heavy atom. The number of hydrogen-bond donors (Lipinski definition) is 0. The first kappa shape index (κ1) is 19.5. The van der Waals surface area contributed by atoms with Crippen LogP contribution in [0.2, 0.25) is 0 Å². The van der Waals surface area contributed by atoms with Crippen LogP contribution in [0.3, 0.4) is 0 Å². The Morgan fingerprint density at radius 1 is 1.37 bits per heavy atom. The summed E-state index contributed by atoms with van der Waals surface area (Å²) < 4.78 is 7.95. The average Bonchev–Trinajstić information content (AvgIpc) is 3.28. The molecule has 144 valence electrons. The van der Waals surface area contributed by atoms with Crippen molar-refractivity contribution in [3.05, 3.63) is 41.2 Å². The molecule has 0 atom stereocenters. The number of hydrogen-bond acceptors (Lipinski definition) is 4. The average molecular weight is 387 g/mol. The van der Waals surface area contributed by atoms with Crippen molar-refractivity contribution in [3.8, 4) is 0 Å². The lowest BCUT2D eigenvalue weighted by atomic mass is 10.0. The van der Waals surface area contributed by atoms with Gasteiger partial charge in [-0.05, 0) is 37.5 Å². The van der Waals surface area contributed by atoms with E-state index in [0.717, 1.165) is 16.6 Å². The van der Waals surface area contributed by atoms with Gasteiger partial charge < -0.3 is 9.30 Å². The van der Waals surface area contributed by atoms with E-state index in [0.29, 0.717) is 35.9 Å². The van der Waals surface area contributed by atoms with E-state index in [-0.39, 0.29) is 11.9 Å². The summed E-state index contributed by atoms with van der Waals surface area (Å²) in [7, 11) is 0. The van der Waals surface area contributed by atoms with E-state index in [2.05, 4.69) is 11.6 Å². The van der Waals surface area contributed by atoms with Crippen LogP contribution in [0, 0.1) is 5.92 Å². The van der Waals surface area contributed by atoms with E-state index in [9.17, 15) is 9.59 Å². The van der Waals surface area contributed by atoms with Gasteiger partial charge in [-0.15, -0.1) is 6.58 Å². The van der Waals surface area contributed by atoms with Crippen LogP contribution in [0.15, 0.2) is 35.8 Å². The molecule has 1 amide bonds. The van der Waals surface area contributed by atoms with Gasteiger partial charge in [0.05, 0.1) is 22.4 Å². The molecule has 1 aliphatic rings. The fraction of sp³-hybridized carbons (Fsp3) is 0.476. The highest BCUT2D eigenvalue weighted by molar-refractivity contribution is 7.16. The molecule has 0 saturated heterocycles. The number of aromatic nitrogens is 1. The molecule has 1 aromatic heterocycles. The summed E-state index contributed by atoms with van der Waals surface area (Å²) >= 11 is 1.42. The van der Waals surface area contributed by atoms with Crippen molar-refractivity contribution in [2.45, 2.75) is 52.0 Å². The first-order chi connectivity index (χ1) is 13.1. The van der Waals surface area contributed by atoms with Gasteiger partial charge in [0, 0.05) is 13.0 Å². The predicted octanol–water partition coefficient (Wildman–Crippen LogP) is 4.46. The number of ether oxygens (including phenoxy) is 1. The van der Waals surface area contributed by atoms with Crippen molar-refractivity contribution < 1.29 is 14.3 Å². The van der Waals surface area contributed by atoms with Gasteiger partial charge in [-0.3, -0.25) is 4.79 Å². The van der Waals surface area contributed by atoms with Gasteiger partial charge in [-0.25, -0.2) is 4.79 Å². The molecule has 1 fully saturated rings. The van der Waals surface area contributed by atoms with Crippen molar-refractivity contribution in [2.75, 3.05) is 6.61 Å². The molecule has 6 heteroatoms. The number of amides is 1. The van der Waals surface area contributed by atoms with Gasteiger partial charge in [0.25, 0.3) is 0 Å². The number of benzene rings is 1. The molecule has 0 radical (unpaired) electrons. The van der Waals surface area contributed by atoms with Gasteiger partial charge in [0.1, 0.15) is 0 Å². The molecule has 0 aliphatic heterocycles. The van der Waals surface area contributed by atoms with Crippen LogP contribution in [-0.2, 0) is 16.1 Å². The van der Waals surface area contributed by atoms with Crippen LogP contribution in [-0.4, -0.2) is 23.1 Å². The molecule has 3 rings (SSSR count). The smallest absolute Gasteiger partial charge is 0.338 e. The number of nitrogens with zero attached hydrogens (tertiary/aromatic N) is 2. The predicted molar refractivity (Wildman–Crippen MR) is 108 cm³/mol. The second-order valence-corrected chi connectivity index (χ2v) is 7.89. The minimum atomic E-state index is -0.339. The van der Waals surface area contributed by atoms with E-state index in [1.807, 2.05) is 10.6 Å². The summed E-state index contributed by atoms with van der Waals surface area (Å²) in [5.74, 6) is 0.269. The number of carbonyl (C=O) groups excluding carboxylic acids is 2. The molecule has 0 N–H and O–H groups in total. The molecule has 0 unspecified atom stereocenters. The van der Waals surface area contributed by atoms with Crippen LogP contribution in [0.5, 0.6) is 0 Å². The van der Waals surface area contributed by atoms with Gasteiger partial charge in [-0.2, -0.15) is 4.99 Å². The molecule has 27 heavy (non-hydrogen) atoms. The van der Waals surface area contributed by atoms with Crippen molar-refractivity contribution in [1.29, 1.82) is 0 Å². The second kappa shape index (κ2) is 9.13. The monoisotopic (exact) mass is 386 g/mol. The first-order valence-corrected chi connectivity index (χ1v) is 10.4. The van der Waals surface area contributed by atoms with E-state index in [4.69, 9.17) is 4.74 Å². The quantitative estimate of drug-likeness (QED) is 0.521. The van der Waals surface area contributed by atoms with Crippen molar-refractivity contribution >= 4 is 33.4 Å². The molecular weight excluding hydrogens is 360 g/mol. The SMILES string of the molecule is C=CCn1c(=NC(=O)CCC2CCCC2)sc2cc(C(=O)OCC)ccc21. The zero-order valence-electron chi connectivity index (χ0n) is 15.8. The second-order valence-electron chi connectivity index (χ2n) is 6.88. The van der Waals surface area contributed by atoms with Gasteiger partial charge in [0.15, 0.2) is 4.80 Å². The summed E-state index contributed by atoms with van der Waals surface area (Å²) in [6, 6.07) is 5.43. The normalized spacial score (nSPS) is 15.4. The third kappa shape index (κ3) is 4.75. The summed E-state index contributed by atoms with van der Waals surface area (Å²) in [5.41, 5.74) is 1.45. The third-order valence-electron chi connectivity index (χ3n) is 4.97. The zero-order chi connectivity index (χ0) is 19.2. The minimum Gasteiger partial charge on any atom is -0.462 e. The van der Waals surface area contributed by atoms with E-state index < -0.39 is 0 Å². The minimum absolute atomic E-state index is 0.0723. The maximum Gasteiger partial charge on any atom is 0.338 e. The Bertz CT molecular complexity index is 904. The Labute approximate surface area is 163 Å². The van der Waals surface area contributed by atoms with E-state index >= 15 is 0 Å². The lowest BCUT2D eigenvalue weighted by Crippen LogP contribution is -2.16. The molecule has 1 aliphatic carbocycles. The Morgan fingerprint density at radius 2 is 2.15 bits per heavy atom. The van der Waals surface area contributed by atoms with Crippen molar-refractivity contribution in [3.63, 3.8) is 0 Å². The molecule has 0 bridgehead atoms. The molecule has 0 spiro atoms. The standard InChI is InChI=1S/C21H26N2O3S/c1-3-13-23-17-11-10-16(20(25)26-4-2)14-18(17)27-21(23)22-19(24)12-9-15-7-5-6-8-15/h3,10-11,14-15H,1,4-9,12-13H2,2H3. The van der Waals surface area contributed by atoms with E-state index in [1.165, 1.54) is 37.0 Å². The Balaban J connectivity index is 1.88. The Kier molecular flexibility index (Phi) is 6.61. The zero-order valence-corrected chi connectivity index (χ0v) is 16.6. The van der Waals surface area contributed by atoms with Gasteiger partial charge >= 0.3 is 5.97 Å². The van der Waals surface area contributed by atoms with Crippen molar-refractivity contribution in [1.82, 2.24) is 4.57 Å². The van der Waals surface area contributed by atoms with Gasteiger partial charge in [0.2, 0.25) is 5.91 Å². The fourth-order valence-corrected chi connectivity index (χ4v) is 4.69. The summed E-state index contributed by atoms with van der Waals surface area (Å²) in [6.45, 7) is 6.49. The Hall–Kier alpha value is -2.21. The topological polar surface area (TPSA) is 60.7 Å². The highest BCUT2D eigenvalue weighted by atomic mass is 32.1. The summed E-state index contributed by atoms with van der Waals surface area (Å²) in [5, 5.41) is 0. The van der Waals surface area contributed by atoms with E-state index in [1.54, 1.807) is 25.1 Å². The molecule has 1 aromatic carbocycles. The van der Waals surface area contributed by atoms with Crippen molar-refractivity contribution in [2.24, 2.45) is 10.9 Å². The largest absolute Gasteiger partial charge is 0.462 e. The molecule has 1 heterocycles. The van der Waals surface area contributed by atoms with Crippen LogP contribution in [0.1, 0.15) is 55.8 Å². The van der Waals surface area contributed by atoms with Gasteiger partial charge in [-0.1, -0.05) is 43.1 Å². The van der Waals surface area contributed by atoms with Crippen LogP contribution in [0.25, 0.3) is 10.2 Å². The number of rotatable bonds is 7. The molecule has 5 nitrogen and oxygen atoms in total. The van der Waals surface area contributed by atoms with Crippen LogP contribution < -0.4 is 4.80 Å². The lowest BCUT2D eigenvalue weighted by Gasteiger charge is -2.05. The van der Waals surface area contributed by atoms with Crippen LogP contribution in [0.4, 0.5) is 0 Å². The number of esters is 1. The molecular formula is C21H26N2O3S. The number of carbonyl (C=O) groups is 2. The maximum absolute atomic E-state index is 12.4. The number of fused-ring (bicyclic) bond motifs is 1. The fourth-order valence-electron chi connectivity index (χ4n) is 3.59.